The molecule has 0 aliphatic carbocycles. The van der Waals surface area contributed by atoms with Gasteiger partial charge < -0.3 is 15.5 Å². The standard InChI is InChI=1S/C14H18N4O2/c15-10-4-5-16-11(7-10)8-17-9-13(19)18-6-2-1-3-12(18)14(17)20/h4-5,7,12H,1-3,6,8-9H2,(H2,15,16). The number of carbonyl (C=O) groups is 2. The molecule has 6 heteroatoms. The first-order valence-electron chi connectivity index (χ1n) is 6.94. The molecule has 0 radical (unpaired) electrons. The van der Waals surface area contributed by atoms with Crippen molar-refractivity contribution in [3.05, 3.63) is 24.0 Å². The van der Waals surface area contributed by atoms with Crippen LogP contribution in [0.15, 0.2) is 18.3 Å². The van der Waals surface area contributed by atoms with Crippen molar-refractivity contribution in [3.8, 4) is 0 Å². The number of hydrogen-bond donors (Lipinski definition) is 1. The van der Waals surface area contributed by atoms with Gasteiger partial charge in [0.1, 0.15) is 12.6 Å². The van der Waals surface area contributed by atoms with Crippen LogP contribution in [0.5, 0.6) is 0 Å². The van der Waals surface area contributed by atoms with Crippen molar-refractivity contribution in [3.63, 3.8) is 0 Å². The van der Waals surface area contributed by atoms with E-state index in [9.17, 15) is 9.59 Å². The molecule has 2 aliphatic heterocycles. The number of nitrogens with zero attached hydrogens (tertiary/aromatic N) is 3. The summed E-state index contributed by atoms with van der Waals surface area (Å²) in [4.78, 5) is 32.1. The predicted octanol–water partition coefficient (Wildman–Crippen LogP) is 0.387. The van der Waals surface area contributed by atoms with Crippen LogP contribution in [-0.2, 0) is 16.1 Å². The third-order valence-electron chi connectivity index (χ3n) is 3.94. The number of nitrogens with two attached hydrogens (primary N) is 1. The summed E-state index contributed by atoms with van der Waals surface area (Å²) in [5.74, 6) is 0.0757. The molecule has 1 unspecified atom stereocenters. The molecule has 3 rings (SSSR count). The molecule has 0 bridgehead atoms. The quantitative estimate of drug-likeness (QED) is 0.846. The minimum atomic E-state index is -0.272. The zero-order valence-corrected chi connectivity index (χ0v) is 11.3. The van der Waals surface area contributed by atoms with E-state index >= 15 is 0 Å². The molecule has 106 valence electrons. The maximum Gasteiger partial charge on any atom is 0.246 e. The van der Waals surface area contributed by atoms with Gasteiger partial charge in [0.15, 0.2) is 0 Å². The maximum absolute atomic E-state index is 12.5. The second-order valence-corrected chi connectivity index (χ2v) is 5.37. The van der Waals surface area contributed by atoms with Gasteiger partial charge >= 0.3 is 0 Å². The highest BCUT2D eigenvalue weighted by Gasteiger charge is 2.40. The molecular weight excluding hydrogens is 256 g/mol. The third kappa shape index (κ3) is 2.33. The number of hydrogen-bond acceptors (Lipinski definition) is 4. The van der Waals surface area contributed by atoms with Crippen molar-refractivity contribution in [2.24, 2.45) is 0 Å². The Morgan fingerprint density at radius 2 is 2.20 bits per heavy atom. The van der Waals surface area contributed by atoms with Gasteiger partial charge in [-0.25, -0.2) is 0 Å². The summed E-state index contributed by atoms with van der Waals surface area (Å²) in [7, 11) is 0. The first kappa shape index (κ1) is 12.9. The second-order valence-electron chi connectivity index (χ2n) is 5.37. The minimum absolute atomic E-state index is 0.0357. The Labute approximate surface area is 117 Å². The lowest BCUT2D eigenvalue weighted by molar-refractivity contribution is -0.158. The lowest BCUT2D eigenvalue weighted by atomic mass is 9.98. The smallest absolute Gasteiger partial charge is 0.246 e. The Kier molecular flexibility index (Phi) is 3.30. The summed E-state index contributed by atoms with van der Waals surface area (Å²) >= 11 is 0. The maximum atomic E-state index is 12.5. The van der Waals surface area contributed by atoms with Crippen LogP contribution in [-0.4, -0.2) is 45.7 Å². The Morgan fingerprint density at radius 3 is 3.00 bits per heavy atom. The fourth-order valence-electron chi connectivity index (χ4n) is 2.94. The molecule has 6 nitrogen and oxygen atoms in total. The van der Waals surface area contributed by atoms with Crippen LogP contribution >= 0.6 is 0 Å². The molecule has 0 saturated carbocycles. The monoisotopic (exact) mass is 274 g/mol. The summed E-state index contributed by atoms with van der Waals surface area (Å²) in [6.45, 7) is 1.20. The number of pyridine rings is 1. The molecular formula is C14H18N4O2. The topological polar surface area (TPSA) is 79.5 Å². The van der Waals surface area contributed by atoms with E-state index in [-0.39, 0.29) is 24.4 Å². The number of anilines is 1. The molecule has 0 spiro atoms. The molecule has 1 atom stereocenters. The van der Waals surface area contributed by atoms with Crippen molar-refractivity contribution in [1.29, 1.82) is 0 Å². The van der Waals surface area contributed by atoms with Gasteiger partial charge in [-0.1, -0.05) is 0 Å². The number of piperazine rings is 1. The average Bonchev–Trinajstić information content (AvgIpc) is 2.45. The fourth-order valence-corrected chi connectivity index (χ4v) is 2.94. The molecule has 3 heterocycles. The molecule has 2 N–H and O–H groups in total. The van der Waals surface area contributed by atoms with Crippen molar-refractivity contribution in [1.82, 2.24) is 14.8 Å². The SMILES string of the molecule is Nc1ccnc(CN2CC(=O)N3CCCCC3C2=O)c1. The highest BCUT2D eigenvalue weighted by molar-refractivity contribution is 5.95. The van der Waals surface area contributed by atoms with E-state index in [1.54, 1.807) is 28.1 Å². The molecule has 2 saturated heterocycles. The first-order chi connectivity index (χ1) is 9.65. The zero-order chi connectivity index (χ0) is 14.1. The van der Waals surface area contributed by atoms with Crippen molar-refractivity contribution in [2.45, 2.75) is 31.8 Å². The van der Waals surface area contributed by atoms with Crippen LogP contribution in [0.2, 0.25) is 0 Å². The first-order valence-corrected chi connectivity index (χ1v) is 6.94. The second kappa shape index (κ2) is 5.11. The third-order valence-corrected chi connectivity index (χ3v) is 3.94. The summed E-state index contributed by atoms with van der Waals surface area (Å²) in [6, 6.07) is 3.17. The molecule has 20 heavy (non-hydrogen) atoms. The Bertz CT molecular complexity index is 546. The van der Waals surface area contributed by atoms with Gasteiger partial charge in [0.25, 0.3) is 0 Å². The van der Waals surface area contributed by atoms with Crippen molar-refractivity contribution >= 4 is 17.5 Å². The van der Waals surface area contributed by atoms with Crippen LogP contribution in [0, 0.1) is 0 Å². The van der Waals surface area contributed by atoms with E-state index in [2.05, 4.69) is 4.98 Å². The van der Waals surface area contributed by atoms with Gasteiger partial charge in [0.05, 0.1) is 12.2 Å². The van der Waals surface area contributed by atoms with E-state index in [0.29, 0.717) is 18.8 Å². The van der Waals surface area contributed by atoms with Crippen LogP contribution in [0.4, 0.5) is 5.69 Å². The van der Waals surface area contributed by atoms with Gasteiger partial charge in [-0.2, -0.15) is 0 Å². The summed E-state index contributed by atoms with van der Waals surface area (Å²) in [6.07, 6.45) is 4.39. The van der Waals surface area contributed by atoms with Crippen LogP contribution in [0.1, 0.15) is 25.0 Å². The fraction of sp³-hybridized carbons (Fsp3) is 0.500. The molecule has 1 aromatic heterocycles. The van der Waals surface area contributed by atoms with Crippen molar-refractivity contribution in [2.75, 3.05) is 18.8 Å². The number of nitrogen functional groups attached to an aromatic ring is 1. The van der Waals surface area contributed by atoms with Crippen LogP contribution in [0.25, 0.3) is 0 Å². The van der Waals surface area contributed by atoms with Gasteiger partial charge in [-0.3, -0.25) is 14.6 Å². The van der Waals surface area contributed by atoms with E-state index in [1.807, 2.05) is 0 Å². The van der Waals surface area contributed by atoms with E-state index in [4.69, 9.17) is 5.73 Å². The largest absolute Gasteiger partial charge is 0.399 e. The number of amides is 2. The summed E-state index contributed by atoms with van der Waals surface area (Å²) in [5.41, 5.74) is 7.05. The number of fused-ring (bicyclic) bond motifs is 1. The van der Waals surface area contributed by atoms with E-state index in [1.165, 1.54) is 0 Å². The number of rotatable bonds is 2. The van der Waals surface area contributed by atoms with Gasteiger partial charge in [-0.05, 0) is 31.4 Å². The van der Waals surface area contributed by atoms with Gasteiger partial charge in [-0.15, -0.1) is 0 Å². The molecule has 2 amide bonds. The molecule has 0 aromatic carbocycles. The Morgan fingerprint density at radius 1 is 1.35 bits per heavy atom. The van der Waals surface area contributed by atoms with E-state index in [0.717, 1.165) is 25.0 Å². The van der Waals surface area contributed by atoms with Crippen LogP contribution < -0.4 is 5.73 Å². The lowest BCUT2D eigenvalue weighted by Crippen LogP contribution is -2.60. The van der Waals surface area contributed by atoms with Gasteiger partial charge in [0, 0.05) is 18.4 Å². The highest BCUT2D eigenvalue weighted by Crippen LogP contribution is 2.24. The number of aromatic nitrogens is 1. The molecule has 2 fully saturated rings. The zero-order valence-electron chi connectivity index (χ0n) is 11.3. The van der Waals surface area contributed by atoms with E-state index < -0.39 is 0 Å². The van der Waals surface area contributed by atoms with Gasteiger partial charge in [0.2, 0.25) is 11.8 Å². The van der Waals surface area contributed by atoms with Crippen molar-refractivity contribution < 1.29 is 9.59 Å². The normalized spacial score (nSPS) is 22.9. The average molecular weight is 274 g/mol. The number of carbonyl (C=O) groups excluding carboxylic acids is 2. The number of piperidine rings is 1. The predicted molar refractivity (Wildman–Crippen MR) is 73.4 cm³/mol. The molecule has 2 aliphatic rings. The summed E-state index contributed by atoms with van der Waals surface area (Å²) in [5, 5.41) is 0. The summed E-state index contributed by atoms with van der Waals surface area (Å²) < 4.78 is 0. The molecule has 1 aromatic rings. The van der Waals surface area contributed by atoms with Crippen LogP contribution in [0.3, 0.4) is 0 Å². The lowest BCUT2D eigenvalue weighted by Gasteiger charge is -2.42. The highest BCUT2D eigenvalue weighted by atomic mass is 16.2. The minimum Gasteiger partial charge on any atom is -0.399 e. The Hall–Kier alpha value is -2.11. The Balaban J connectivity index is 1.77.